The van der Waals surface area contributed by atoms with Crippen molar-refractivity contribution in [2.75, 3.05) is 16.0 Å². The van der Waals surface area contributed by atoms with Gasteiger partial charge in [-0.2, -0.15) is 0 Å². The summed E-state index contributed by atoms with van der Waals surface area (Å²) in [6, 6.07) is 19.4. The van der Waals surface area contributed by atoms with Gasteiger partial charge in [-0.1, -0.05) is 40.2 Å². The van der Waals surface area contributed by atoms with Crippen LogP contribution in [0.25, 0.3) is 0 Å². The molecule has 3 aromatic rings. The first-order valence-corrected chi connectivity index (χ1v) is 11.1. The molecule has 1 aliphatic heterocycles. The summed E-state index contributed by atoms with van der Waals surface area (Å²) in [6.45, 7) is 1.69. The van der Waals surface area contributed by atoms with E-state index in [1.807, 2.05) is 30.3 Å². The van der Waals surface area contributed by atoms with E-state index in [1.54, 1.807) is 42.2 Å². The maximum Gasteiger partial charge on any atom is 0.255 e. The number of nitrogens with one attached hydrogen (secondary N) is 1. The number of anilines is 2. The first-order valence-electron chi connectivity index (χ1n) is 9.29. The molecule has 0 bridgehead atoms. The van der Waals surface area contributed by atoms with Crippen molar-refractivity contribution in [1.29, 1.82) is 0 Å². The van der Waals surface area contributed by atoms with Crippen LogP contribution in [0.15, 0.2) is 71.2 Å². The monoisotopic (exact) mass is 484 g/mol. The van der Waals surface area contributed by atoms with Crippen molar-refractivity contribution in [1.82, 2.24) is 0 Å². The Hall–Kier alpha value is -2.64. The molecule has 152 valence electrons. The highest BCUT2D eigenvalue weighted by molar-refractivity contribution is 9.10. The summed E-state index contributed by atoms with van der Waals surface area (Å²) in [5.41, 5.74) is 3.21. The molecule has 4 nitrogen and oxygen atoms in total. The molecular formula is C23H18BrFN2O2S. The predicted molar refractivity (Wildman–Crippen MR) is 122 cm³/mol. The molecule has 0 radical (unpaired) electrons. The minimum absolute atomic E-state index is 0.0553. The van der Waals surface area contributed by atoms with Crippen LogP contribution in [0.1, 0.15) is 26.9 Å². The molecule has 1 heterocycles. The molecule has 1 aliphatic rings. The van der Waals surface area contributed by atoms with Crippen molar-refractivity contribution in [3.05, 3.63) is 93.7 Å². The molecule has 7 heteroatoms. The lowest BCUT2D eigenvalue weighted by Gasteiger charge is -2.25. The molecular weight excluding hydrogens is 467 g/mol. The van der Waals surface area contributed by atoms with Crippen molar-refractivity contribution in [2.45, 2.75) is 12.3 Å². The maximum atomic E-state index is 14.0. The number of hydrogen-bond donors (Lipinski definition) is 1. The molecule has 3 aromatic carbocycles. The van der Waals surface area contributed by atoms with Gasteiger partial charge >= 0.3 is 0 Å². The number of hydrogen-bond acceptors (Lipinski definition) is 3. The molecule has 30 heavy (non-hydrogen) atoms. The number of thioether (sulfide) groups is 1. The van der Waals surface area contributed by atoms with Gasteiger partial charge in [-0.3, -0.25) is 14.5 Å². The lowest BCUT2D eigenvalue weighted by atomic mass is 10.1. The first-order chi connectivity index (χ1) is 14.4. The summed E-state index contributed by atoms with van der Waals surface area (Å²) in [7, 11) is 0. The Kier molecular flexibility index (Phi) is 5.92. The van der Waals surface area contributed by atoms with Gasteiger partial charge in [0, 0.05) is 21.4 Å². The van der Waals surface area contributed by atoms with Gasteiger partial charge in [-0.25, -0.2) is 4.39 Å². The second-order valence-electron chi connectivity index (χ2n) is 6.95. The third-order valence-electron chi connectivity index (χ3n) is 4.84. The normalized spacial score (nSPS) is 16.0. The molecule has 1 N–H and O–H groups in total. The van der Waals surface area contributed by atoms with Crippen molar-refractivity contribution in [3.63, 3.8) is 0 Å². The molecule has 4 rings (SSSR count). The van der Waals surface area contributed by atoms with E-state index in [1.165, 1.54) is 17.8 Å². The molecule has 1 fully saturated rings. The van der Waals surface area contributed by atoms with Gasteiger partial charge in [-0.05, 0) is 60.5 Å². The number of amides is 2. The lowest BCUT2D eigenvalue weighted by molar-refractivity contribution is -0.115. The smallest absolute Gasteiger partial charge is 0.255 e. The van der Waals surface area contributed by atoms with Crippen LogP contribution in [-0.4, -0.2) is 17.6 Å². The number of nitrogens with zero attached hydrogens (tertiary/aromatic N) is 1. The Balaban J connectivity index is 1.53. The molecule has 0 unspecified atom stereocenters. The minimum atomic E-state index is -0.332. The first kappa shape index (κ1) is 20.6. The van der Waals surface area contributed by atoms with Gasteiger partial charge in [0.15, 0.2) is 0 Å². The summed E-state index contributed by atoms with van der Waals surface area (Å²) in [4.78, 5) is 26.5. The van der Waals surface area contributed by atoms with E-state index in [9.17, 15) is 14.0 Å². The number of halogens is 2. The van der Waals surface area contributed by atoms with Gasteiger partial charge < -0.3 is 5.32 Å². The second-order valence-corrected chi connectivity index (χ2v) is 8.93. The summed E-state index contributed by atoms with van der Waals surface area (Å²) in [6.07, 6.45) is 0. The van der Waals surface area contributed by atoms with E-state index in [0.29, 0.717) is 28.3 Å². The van der Waals surface area contributed by atoms with Gasteiger partial charge in [0.25, 0.3) is 5.91 Å². The van der Waals surface area contributed by atoms with Gasteiger partial charge in [0.2, 0.25) is 5.91 Å². The van der Waals surface area contributed by atoms with Crippen LogP contribution in [0.5, 0.6) is 0 Å². The van der Waals surface area contributed by atoms with E-state index >= 15 is 0 Å². The fourth-order valence-corrected chi connectivity index (χ4v) is 4.82. The Labute approximate surface area is 186 Å². The third-order valence-corrected chi connectivity index (χ3v) is 6.55. The van der Waals surface area contributed by atoms with Crippen LogP contribution < -0.4 is 10.2 Å². The fourth-order valence-electron chi connectivity index (χ4n) is 3.25. The molecule has 0 saturated carbocycles. The summed E-state index contributed by atoms with van der Waals surface area (Å²) >= 11 is 4.86. The van der Waals surface area contributed by atoms with E-state index < -0.39 is 0 Å². The fraction of sp³-hybridized carbons (Fsp3) is 0.130. The Morgan fingerprint density at radius 1 is 1.13 bits per heavy atom. The van der Waals surface area contributed by atoms with E-state index in [-0.39, 0.29) is 23.0 Å². The summed E-state index contributed by atoms with van der Waals surface area (Å²) in [5.74, 6) is -0.255. The summed E-state index contributed by atoms with van der Waals surface area (Å²) in [5, 5.41) is 2.63. The molecule has 1 saturated heterocycles. The highest BCUT2D eigenvalue weighted by Gasteiger charge is 2.34. The average molecular weight is 485 g/mol. The van der Waals surface area contributed by atoms with Gasteiger partial charge in [0.1, 0.15) is 11.2 Å². The van der Waals surface area contributed by atoms with Gasteiger partial charge in [-0.15, -0.1) is 11.8 Å². The predicted octanol–water partition coefficient (Wildman–Crippen LogP) is 5.93. The van der Waals surface area contributed by atoms with Crippen LogP contribution >= 0.6 is 27.7 Å². The highest BCUT2D eigenvalue weighted by atomic mass is 79.9. The Bertz CT molecular complexity index is 1120. The van der Waals surface area contributed by atoms with Crippen molar-refractivity contribution in [2.24, 2.45) is 0 Å². The number of carbonyl (C=O) groups excluding carboxylic acids is 2. The van der Waals surface area contributed by atoms with Gasteiger partial charge in [0.05, 0.1) is 5.75 Å². The number of carbonyl (C=O) groups is 2. The number of benzene rings is 3. The van der Waals surface area contributed by atoms with Crippen LogP contribution in [-0.2, 0) is 4.79 Å². The quantitative estimate of drug-likeness (QED) is 0.499. The van der Waals surface area contributed by atoms with Crippen LogP contribution in [0, 0.1) is 12.7 Å². The zero-order chi connectivity index (χ0) is 21.3. The van der Waals surface area contributed by atoms with Crippen molar-refractivity contribution >= 4 is 50.9 Å². The number of rotatable bonds is 4. The van der Waals surface area contributed by atoms with E-state index in [2.05, 4.69) is 21.2 Å². The summed E-state index contributed by atoms with van der Waals surface area (Å²) < 4.78 is 14.9. The van der Waals surface area contributed by atoms with Crippen LogP contribution in [0.2, 0.25) is 0 Å². The van der Waals surface area contributed by atoms with Crippen LogP contribution in [0.3, 0.4) is 0 Å². The Morgan fingerprint density at radius 3 is 2.60 bits per heavy atom. The van der Waals surface area contributed by atoms with Crippen molar-refractivity contribution in [3.8, 4) is 0 Å². The zero-order valence-electron chi connectivity index (χ0n) is 16.1. The molecule has 2 amide bonds. The molecule has 0 spiro atoms. The Morgan fingerprint density at radius 2 is 1.90 bits per heavy atom. The maximum absolute atomic E-state index is 14.0. The molecule has 0 aromatic heterocycles. The van der Waals surface area contributed by atoms with E-state index in [4.69, 9.17) is 0 Å². The zero-order valence-corrected chi connectivity index (χ0v) is 18.5. The largest absolute Gasteiger partial charge is 0.322 e. The molecule has 1 atom stereocenters. The second kappa shape index (κ2) is 8.62. The van der Waals surface area contributed by atoms with Crippen LogP contribution in [0.4, 0.5) is 15.8 Å². The highest BCUT2D eigenvalue weighted by Crippen LogP contribution is 2.42. The molecule has 0 aliphatic carbocycles. The topological polar surface area (TPSA) is 49.4 Å². The van der Waals surface area contributed by atoms with Crippen molar-refractivity contribution < 1.29 is 14.0 Å². The average Bonchev–Trinajstić information content (AvgIpc) is 3.12. The SMILES string of the molecule is Cc1ccc(N2C(=O)CS[C@@H]2c2ccc(NC(=O)c3cccc(Br)c3)cc2)cc1F. The van der Waals surface area contributed by atoms with E-state index in [0.717, 1.165) is 10.0 Å². The standard InChI is InChI=1S/C23H18BrFN2O2S/c1-14-5-10-19(12-20(14)25)27-21(28)13-30-23(27)15-6-8-18(9-7-15)26-22(29)16-3-2-4-17(24)11-16/h2-12,23H,13H2,1H3,(H,26,29)/t23-/m1/s1. The number of aryl methyl sites for hydroxylation is 1. The third kappa shape index (κ3) is 4.27. The minimum Gasteiger partial charge on any atom is -0.322 e. The lowest BCUT2D eigenvalue weighted by Crippen LogP contribution is -2.28.